The van der Waals surface area contributed by atoms with Gasteiger partial charge in [-0.05, 0) is 38.0 Å². The second kappa shape index (κ2) is 5.30. The first-order chi connectivity index (χ1) is 9.99. The van der Waals surface area contributed by atoms with Gasteiger partial charge in [-0.2, -0.15) is 0 Å². The minimum Gasteiger partial charge on any atom is -0.481 e. The highest BCUT2D eigenvalue weighted by Crippen LogP contribution is 2.41. The zero-order chi connectivity index (χ0) is 16.7. The van der Waals surface area contributed by atoms with Crippen molar-refractivity contribution < 1.29 is 19.4 Å². The monoisotopic (exact) mass is 305 g/mol. The van der Waals surface area contributed by atoms with E-state index >= 15 is 0 Å². The smallest absolute Gasteiger partial charge is 0.414 e. The van der Waals surface area contributed by atoms with Crippen LogP contribution in [0.1, 0.15) is 45.7 Å². The molecule has 1 aromatic rings. The minimum absolute atomic E-state index is 0.0597. The summed E-state index contributed by atoms with van der Waals surface area (Å²) in [4.78, 5) is 24.9. The van der Waals surface area contributed by atoms with Gasteiger partial charge >= 0.3 is 12.1 Å². The number of amides is 1. The van der Waals surface area contributed by atoms with E-state index < -0.39 is 17.7 Å². The van der Waals surface area contributed by atoms with E-state index in [9.17, 15) is 9.59 Å². The zero-order valence-corrected chi connectivity index (χ0v) is 13.8. The number of ether oxygens (including phenoxy) is 1. The fraction of sp³-hybridized carbons (Fsp3) is 0.529. The lowest BCUT2D eigenvalue weighted by molar-refractivity contribution is -0.136. The highest BCUT2D eigenvalue weighted by Gasteiger charge is 2.39. The van der Waals surface area contributed by atoms with Crippen LogP contribution in [-0.2, 0) is 21.4 Å². The number of benzene rings is 1. The highest BCUT2D eigenvalue weighted by atomic mass is 16.6. The molecule has 1 aromatic carbocycles. The highest BCUT2D eigenvalue weighted by molar-refractivity contribution is 5.92. The Hall–Kier alpha value is -2.04. The Bertz CT molecular complexity index is 614. The molecule has 5 nitrogen and oxygen atoms in total. The number of carbonyl (C=O) groups is 2. The maximum atomic E-state index is 12.4. The van der Waals surface area contributed by atoms with Crippen LogP contribution in [0.4, 0.5) is 10.5 Å². The van der Waals surface area contributed by atoms with Crippen molar-refractivity contribution in [2.45, 2.75) is 52.1 Å². The third-order valence-electron chi connectivity index (χ3n) is 3.60. The van der Waals surface area contributed by atoms with Crippen LogP contribution >= 0.6 is 0 Å². The lowest BCUT2D eigenvalue weighted by Crippen LogP contribution is -2.38. The van der Waals surface area contributed by atoms with Gasteiger partial charge in [0, 0.05) is 12.0 Å². The van der Waals surface area contributed by atoms with Gasteiger partial charge in [0.05, 0.1) is 12.1 Å². The molecule has 1 aliphatic heterocycles. The van der Waals surface area contributed by atoms with Crippen molar-refractivity contribution in [2.75, 3.05) is 11.4 Å². The normalized spacial score (nSPS) is 16.3. The van der Waals surface area contributed by atoms with E-state index in [0.29, 0.717) is 12.1 Å². The third kappa shape index (κ3) is 3.40. The number of fused-ring (bicyclic) bond motifs is 1. The summed E-state index contributed by atoms with van der Waals surface area (Å²) in [6.45, 7) is 10.1. The van der Waals surface area contributed by atoms with Crippen LogP contribution in [-0.4, -0.2) is 29.3 Å². The number of hydrogen-bond donors (Lipinski definition) is 1. The van der Waals surface area contributed by atoms with E-state index in [0.717, 1.165) is 11.3 Å². The van der Waals surface area contributed by atoms with Gasteiger partial charge in [0.2, 0.25) is 0 Å². The molecule has 120 valence electrons. The summed E-state index contributed by atoms with van der Waals surface area (Å²) < 4.78 is 5.46. The number of aliphatic carboxylic acids is 1. The topological polar surface area (TPSA) is 66.8 Å². The van der Waals surface area contributed by atoms with Gasteiger partial charge in [-0.25, -0.2) is 4.79 Å². The molecule has 1 N–H and O–H groups in total. The maximum absolute atomic E-state index is 12.4. The summed E-state index contributed by atoms with van der Waals surface area (Å²) in [5.41, 5.74) is 1.71. The Kier molecular flexibility index (Phi) is 3.94. The average molecular weight is 305 g/mol. The molecule has 0 aromatic heterocycles. The molecule has 0 bridgehead atoms. The van der Waals surface area contributed by atoms with E-state index in [1.165, 1.54) is 0 Å². The summed E-state index contributed by atoms with van der Waals surface area (Å²) >= 11 is 0. The Morgan fingerprint density at radius 1 is 1.32 bits per heavy atom. The number of carboxylic acid groups (broad SMARTS) is 1. The first-order valence-electron chi connectivity index (χ1n) is 7.35. The van der Waals surface area contributed by atoms with Crippen LogP contribution in [0.2, 0.25) is 0 Å². The molecule has 0 atom stereocenters. The Balaban J connectivity index is 2.37. The summed E-state index contributed by atoms with van der Waals surface area (Å²) in [5, 5.41) is 8.94. The lowest BCUT2D eigenvalue weighted by Gasteiger charge is -2.26. The summed E-state index contributed by atoms with van der Waals surface area (Å²) in [6.07, 6.45) is -0.456. The standard InChI is InChI=1S/C17H23NO4/c1-16(2,3)22-15(21)18-10-17(4,5)12-7-6-11(8-13(12)18)9-14(19)20/h6-8H,9-10H2,1-5H3,(H,19,20). The van der Waals surface area contributed by atoms with Gasteiger partial charge < -0.3 is 9.84 Å². The number of hydrogen-bond acceptors (Lipinski definition) is 3. The molecule has 0 radical (unpaired) electrons. The molecule has 0 saturated carbocycles. The molecule has 1 heterocycles. The fourth-order valence-corrected chi connectivity index (χ4v) is 2.70. The largest absolute Gasteiger partial charge is 0.481 e. The Labute approximate surface area is 130 Å². The average Bonchev–Trinajstić information content (AvgIpc) is 2.58. The first kappa shape index (κ1) is 16.3. The number of anilines is 1. The van der Waals surface area contributed by atoms with Crippen LogP contribution in [0.15, 0.2) is 18.2 Å². The summed E-state index contributed by atoms with van der Waals surface area (Å²) in [6, 6.07) is 5.51. The van der Waals surface area contributed by atoms with E-state index in [2.05, 4.69) is 13.8 Å². The van der Waals surface area contributed by atoms with Gasteiger partial charge in [-0.3, -0.25) is 9.69 Å². The number of rotatable bonds is 2. The third-order valence-corrected chi connectivity index (χ3v) is 3.60. The van der Waals surface area contributed by atoms with Crippen LogP contribution < -0.4 is 4.90 Å². The first-order valence-corrected chi connectivity index (χ1v) is 7.35. The van der Waals surface area contributed by atoms with Gasteiger partial charge in [-0.1, -0.05) is 26.0 Å². The number of carboxylic acids is 1. The molecule has 0 aliphatic carbocycles. The summed E-state index contributed by atoms with van der Waals surface area (Å²) in [5.74, 6) is -0.888. The lowest BCUT2D eigenvalue weighted by atomic mass is 9.86. The molecule has 0 fully saturated rings. The molecule has 5 heteroatoms. The molecule has 2 rings (SSSR count). The van der Waals surface area contributed by atoms with Crippen molar-refractivity contribution in [3.63, 3.8) is 0 Å². The van der Waals surface area contributed by atoms with Crippen molar-refractivity contribution in [1.82, 2.24) is 0 Å². The Morgan fingerprint density at radius 3 is 2.50 bits per heavy atom. The van der Waals surface area contributed by atoms with Crippen molar-refractivity contribution in [3.8, 4) is 0 Å². The second-order valence-electron chi connectivity index (χ2n) is 7.37. The van der Waals surface area contributed by atoms with Crippen LogP contribution in [0.3, 0.4) is 0 Å². The van der Waals surface area contributed by atoms with E-state index in [-0.39, 0.29) is 11.8 Å². The molecule has 0 spiro atoms. The van der Waals surface area contributed by atoms with Crippen molar-refractivity contribution in [3.05, 3.63) is 29.3 Å². The number of nitrogens with zero attached hydrogens (tertiary/aromatic N) is 1. The van der Waals surface area contributed by atoms with E-state index in [1.54, 1.807) is 11.0 Å². The molecule has 1 amide bonds. The van der Waals surface area contributed by atoms with E-state index in [1.807, 2.05) is 32.9 Å². The molecular formula is C17H23NO4. The molecular weight excluding hydrogens is 282 g/mol. The second-order valence-corrected chi connectivity index (χ2v) is 7.37. The minimum atomic E-state index is -0.888. The quantitative estimate of drug-likeness (QED) is 0.910. The molecule has 0 saturated heterocycles. The van der Waals surface area contributed by atoms with Crippen molar-refractivity contribution >= 4 is 17.7 Å². The van der Waals surface area contributed by atoms with Crippen molar-refractivity contribution in [2.24, 2.45) is 0 Å². The predicted molar refractivity (Wildman–Crippen MR) is 84.4 cm³/mol. The van der Waals surface area contributed by atoms with Crippen molar-refractivity contribution in [1.29, 1.82) is 0 Å². The maximum Gasteiger partial charge on any atom is 0.414 e. The van der Waals surface area contributed by atoms with Crippen LogP contribution in [0.5, 0.6) is 0 Å². The zero-order valence-electron chi connectivity index (χ0n) is 13.8. The van der Waals surface area contributed by atoms with Gasteiger partial charge in [-0.15, -0.1) is 0 Å². The SMILES string of the molecule is CC(C)(C)OC(=O)N1CC(C)(C)c2ccc(CC(=O)O)cc21. The van der Waals surface area contributed by atoms with Crippen LogP contribution in [0, 0.1) is 0 Å². The van der Waals surface area contributed by atoms with E-state index in [4.69, 9.17) is 9.84 Å². The van der Waals surface area contributed by atoms with Gasteiger partial charge in [0.15, 0.2) is 0 Å². The van der Waals surface area contributed by atoms with Gasteiger partial charge in [0.1, 0.15) is 5.60 Å². The predicted octanol–water partition coefficient (Wildman–Crippen LogP) is 3.35. The molecule has 1 aliphatic rings. The number of carbonyl (C=O) groups excluding carboxylic acids is 1. The molecule has 22 heavy (non-hydrogen) atoms. The fourth-order valence-electron chi connectivity index (χ4n) is 2.70. The molecule has 0 unspecified atom stereocenters. The Morgan fingerprint density at radius 2 is 1.95 bits per heavy atom. The van der Waals surface area contributed by atoms with Crippen LogP contribution in [0.25, 0.3) is 0 Å². The summed E-state index contributed by atoms with van der Waals surface area (Å²) in [7, 11) is 0. The van der Waals surface area contributed by atoms with Gasteiger partial charge in [0.25, 0.3) is 0 Å².